The van der Waals surface area contributed by atoms with Gasteiger partial charge in [0.25, 0.3) is 0 Å². The highest BCUT2D eigenvalue weighted by molar-refractivity contribution is 6.04. The Kier molecular flexibility index (Phi) is 7.33. The largest absolute Gasteiger partial charge is 0.362 e. The highest BCUT2D eigenvalue weighted by Gasteiger charge is 2.17. The highest BCUT2D eigenvalue weighted by Crippen LogP contribution is 2.42. The zero-order chi connectivity index (χ0) is 29.0. The number of hydrogen-bond acceptors (Lipinski definition) is 2. The minimum atomic E-state index is 0.428. The Hall–Kier alpha value is -5.34. The van der Waals surface area contributed by atoms with Gasteiger partial charge in [0.1, 0.15) is 0 Å². The zero-order valence-electron chi connectivity index (χ0n) is 24.3. The van der Waals surface area contributed by atoms with Crippen LogP contribution in [0.2, 0.25) is 0 Å². The normalized spacial score (nSPS) is 16.2. The minimum absolute atomic E-state index is 0.428. The lowest BCUT2D eigenvalue weighted by molar-refractivity contribution is 0.605. The van der Waals surface area contributed by atoms with Crippen molar-refractivity contribution < 1.29 is 0 Å². The van der Waals surface area contributed by atoms with Gasteiger partial charge in [0.2, 0.25) is 0 Å². The monoisotopic (exact) mass is 554 g/mol. The molecule has 0 spiro atoms. The molecule has 0 fully saturated rings. The maximum Gasteiger partial charge on any atom is 0.0540 e. The number of anilines is 4. The number of nitrogens with zero attached hydrogens (tertiary/aromatic N) is 1. The van der Waals surface area contributed by atoms with Gasteiger partial charge in [-0.2, -0.15) is 0 Å². The Labute approximate surface area is 253 Å². The van der Waals surface area contributed by atoms with E-state index >= 15 is 0 Å². The van der Waals surface area contributed by atoms with Crippen LogP contribution in [0.5, 0.6) is 0 Å². The van der Waals surface area contributed by atoms with Crippen LogP contribution in [0.1, 0.15) is 6.92 Å². The summed E-state index contributed by atoms with van der Waals surface area (Å²) < 4.78 is 0. The molecule has 6 aromatic carbocycles. The van der Waals surface area contributed by atoms with Crippen LogP contribution in [0.15, 0.2) is 170 Å². The zero-order valence-corrected chi connectivity index (χ0v) is 24.3. The molecule has 6 aromatic rings. The van der Waals surface area contributed by atoms with Gasteiger partial charge in [0, 0.05) is 28.1 Å². The average Bonchev–Trinajstić information content (AvgIpc) is 3.07. The molecule has 1 N–H and O–H groups in total. The van der Waals surface area contributed by atoms with E-state index in [1.54, 1.807) is 0 Å². The number of benzene rings is 6. The predicted molar refractivity (Wildman–Crippen MR) is 185 cm³/mol. The molecule has 0 aromatic heterocycles. The van der Waals surface area contributed by atoms with Gasteiger partial charge in [-0.15, -0.1) is 0 Å². The minimum Gasteiger partial charge on any atom is -0.362 e. The first kappa shape index (κ1) is 26.6. The Morgan fingerprint density at radius 3 is 1.70 bits per heavy atom. The molecular weight excluding hydrogens is 520 g/mol. The SMILES string of the molecule is CC1C=CC=CC1/C=C\Nc1ccc(-c2ccc(N(c3cccc4ccccc34)c3cccc4ccccc34)cc2)cc1. The summed E-state index contributed by atoms with van der Waals surface area (Å²) in [5, 5.41) is 8.35. The molecule has 0 bridgehead atoms. The Morgan fingerprint density at radius 2 is 1.09 bits per heavy atom. The summed E-state index contributed by atoms with van der Waals surface area (Å²) in [6.45, 7) is 2.25. The van der Waals surface area contributed by atoms with E-state index in [9.17, 15) is 0 Å². The molecule has 1 aliphatic rings. The molecule has 2 atom stereocenters. The predicted octanol–water partition coefficient (Wildman–Crippen LogP) is 11.4. The second kappa shape index (κ2) is 11.9. The summed E-state index contributed by atoms with van der Waals surface area (Å²) in [6, 6.07) is 47.9. The molecule has 0 amide bonds. The van der Waals surface area contributed by atoms with Crippen molar-refractivity contribution in [3.8, 4) is 11.1 Å². The Morgan fingerprint density at radius 1 is 0.558 bits per heavy atom. The van der Waals surface area contributed by atoms with Crippen LogP contribution >= 0.6 is 0 Å². The number of rotatable bonds is 7. The van der Waals surface area contributed by atoms with Crippen LogP contribution in [0.25, 0.3) is 32.7 Å². The standard InChI is InChI=1S/C41H34N2/c1-30-10-2-3-11-31(30)28-29-42-36-24-20-32(21-25-36)33-22-26-37(27-23-33)43(40-18-8-14-34-12-4-6-16-38(34)40)41-19-9-15-35-13-5-7-17-39(35)41/h2-31,42H,1H3/b29-28-. The van der Waals surface area contributed by atoms with Gasteiger partial charge in [-0.3, -0.25) is 0 Å². The molecule has 7 rings (SSSR count). The lowest BCUT2D eigenvalue weighted by Crippen LogP contribution is -2.11. The quantitative estimate of drug-likeness (QED) is 0.211. The van der Waals surface area contributed by atoms with Crippen LogP contribution in [-0.2, 0) is 0 Å². The molecule has 43 heavy (non-hydrogen) atoms. The molecule has 2 heteroatoms. The lowest BCUT2D eigenvalue weighted by atomic mass is 9.90. The van der Waals surface area contributed by atoms with Crippen LogP contribution < -0.4 is 10.2 Å². The van der Waals surface area contributed by atoms with Crippen molar-refractivity contribution in [2.24, 2.45) is 11.8 Å². The fourth-order valence-electron chi connectivity index (χ4n) is 6.01. The van der Waals surface area contributed by atoms with Gasteiger partial charge in [-0.05, 0) is 70.4 Å². The van der Waals surface area contributed by atoms with E-state index in [1.807, 2.05) is 0 Å². The van der Waals surface area contributed by atoms with E-state index in [0.717, 1.165) is 11.4 Å². The molecule has 1 aliphatic carbocycles. The van der Waals surface area contributed by atoms with Gasteiger partial charge in [-0.25, -0.2) is 0 Å². The summed E-state index contributed by atoms with van der Waals surface area (Å²) >= 11 is 0. The summed E-state index contributed by atoms with van der Waals surface area (Å²) in [5.74, 6) is 0.947. The maximum absolute atomic E-state index is 3.44. The van der Waals surface area contributed by atoms with Crippen LogP contribution in [0, 0.1) is 11.8 Å². The second-order valence-electron chi connectivity index (χ2n) is 11.2. The van der Waals surface area contributed by atoms with E-state index in [0.29, 0.717) is 11.8 Å². The highest BCUT2D eigenvalue weighted by atomic mass is 15.1. The molecule has 2 nitrogen and oxygen atoms in total. The number of nitrogens with one attached hydrogen (secondary N) is 1. The Bertz CT molecular complexity index is 1870. The van der Waals surface area contributed by atoms with Crippen molar-refractivity contribution in [2.75, 3.05) is 10.2 Å². The average molecular weight is 555 g/mol. The fraction of sp³-hybridized carbons (Fsp3) is 0.0732. The molecule has 0 radical (unpaired) electrons. The summed E-state index contributed by atoms with van der Waals surface area (Å²) in [6.07, 6.45) is 13.0. The molecule has 0 heterocycles. The molecule has 0 saturated heterocycles. The number of fused-ring (bicyclic) bond motifs is 2. The molecule has 0 saturated carbocycles. The molecule has 0 aliphatic heterocycles. The van der Waals surface area contributed by atoms with E-state index in [1.165, 1.54) is 44.0 Å². The van der Waals surface area contributed by atoms with Gasteiger partial charge in [-0.1, -0.05) is 134 Å². The van der Waals surface area contributed by atoms with Crippen molar-refractivity contribution in [2.45, 2.75) is 6.92 Å². The first-order valence-corrected chi connectivity index (χ1v) is 15.0. The van der Waals surface area contributed by atoms with Crippen LogP contribution in [0.3, 0.4) is 0 Å². The second-order valence-corrected chi connectivity index (χ2v) is 11.2. The van der Waals surface area contributed by atoms with E-state index in [2.05, 4.69) is 187 Å². The summed E-state index contributed by atoms with van der Waals surface area (Å²) in [4.78, 5) is 2.39. The molecule has 208 valence electrons. The van der Waals surface area contributed by atoms with Gasteiger partial charge in [0.15, 0.2) is 0 Å². The summed E-state index contributed by atoms with van der Waals surface area (Å²) in [7, 11) is 0. The Balaban J connectivity index is 1.20. The topological polar surface area (TPSA) is 15.3 Å². The van der Waals surface area contributed by atoms with Gasteiger partial charge >= 0.3 is 0 Å². The van der Waals surface area contributed by atoms with Crippen molar-refractivity contribution in [3.63, 3.8) is 0 Å². The first-order valence-electron chi connectivity index (χ1n) is 15.0. The van der Waals surface area contributed by atoms with E-state index in [4.69, 9.17) is 0 Å². The third-order valence-electron chi connectivity index (χ3n) is 8.39. The van der Waals surface area contributed by atoms with Crippen LogP contribution in [-0.4, -0.2) is 0 Å². The van der Waals surface area contributed by atoms with E-state index in [-0.39, 0.29) is 0 Å². The molecule has 2 unspecified atom stereocenters. The number of hydrogen-bond donors (Lipinski definition) is 1. The van der Waals surface area contributed by atoms with Crippen molar-refractivity contribution in [3.05, 3.63) is 170 Å². The van der Waals surface area contributed by atoms with Gasteiger partial charge in [0.05, 0.1) is 11.4 Å². The summed E-state index contributed by atoms with van der Waals surface area (Å²) in [5.41, 5.74) is 6.92. The van der Waals surface area contributed by atoms with Gasteiger partial charge < -0.3 is 10.2 Å². The number of allylic oxidation sites excluding steroid dienone is 5. The fourth-order valence-corrected chi connectivity index (χ4v) is 6.01. The van der Waals surface area contributed by atoms with Crippen molar-refractivity contribution >= 4 is 44.3 Å². The smallest absolute Gasteiger partial charge is 0.0540 e. The lowest BCUT2D eigenvalue weighted by Gasteiger charge is -2.28. The van der Waals surface area contributed by atoms with Crippen molar-refractivity contribution in [1.29, 1.82) is 0 Å². The van der Waals surface area contributed by atoms with Crippen LogP contribution in [0.4, 0.5) is 22.7 Å². The third kappa shape index (κ3) is 5.48. The van der Waals surface area contributed by atoms with E-state index < -0.39 is 0 Å². The third-order valence-corrected chi connectivity index (χ3v) is 8.39. The molecular formula is C41H34N2. The van der Waals surface area contributed by atoms with Crippen molar-refractivity contribution in [1.82, 2.24) is 0 Å². The maximum atomic E-state index is 3.44. The first-order chi connectivity index (χ1) is 21.2.